The molecule has 146 valence electrons. The molecular formula is C19H25ClN4O3. The molecule has 0 spiro atoms. The van der Waals surface area contributed by atoms with Gasteiger partial charge in [0.15, 0.2) is 0 Å². The van der Waals surface area contributed by atoms with Crippen molar-refractivity contribution in [3.8, 4) is 0 Å². The number of hydrogen-bond donors (Lipinski definition) is 2. The van der Waals surface area contributed by atoms with Gasteiger partial charge in [-0.1, -0.05) is 18.5 Å². The lowest BCUT2D eigenvalue weighted by Crippen LogP contribution is -2.42. The molecule has 2 aliphatic rings. The molecule has 1 aromatic rings. The van der Waals surface area contributed by atoms with Crippen molar-refractivity contribution in [2.24, 2.45) is 17.8 Å². The van der Waals surface area contributed by atoms with Gasteiger partial charge in [0, 0.05) is 44.1 Å². The highest BCUT2D eigenvalue weighted by atomic mass is 35.5. The van der Waals surface area contributed by atoms with E-state index in [1.54, 1.807) is 17.0 Å². The SMILES string of the molecule is CC1CC1C(=O)NCCC(=O)N1CCC(C(=O)Nc2ccc(Cl)cn2)CC1. The molecule has 7 nitrogen and oxygen atoms in total. The van der Waals surface area contributed by atoms with E-state index in [4.69, 9.17) is 11.6 Å². The minimum absolute atomic E-state index is 0.0253. The van der Waals surface area contributed by atoms with Gasteiger partial charge in [0.05, 0.1) is 5.02 Å². The summed E-state index contributed by atoms with van der Waals surface area (Å²) in [5.74, 6) is 0.936. The van der Waals surface area contributed by atoms with Crippen LogP contribution in [0.3, 0.4) is 0 Å². The van der Waals surface area contributed by atoms with Crippen LogP contribution in [0.25, 0.3) is 0 Å². The summed E-state index contributed by atoms with van der Waals surface area (Å²) < 4.78 is 0. The molecular weight excluding hydrogens is 368 g/mol. The Kier molecular flexibility index (Phi) is 6.31. The molecule has 0 bridgehead atoms. The monoisotopic (exact) mass is 392 g/mol. The van der Waals surface area contributed by atoms with E-state index >= 15 is 0 Å². The van der Waals surface area contributed by atoms with Crippen molar-refractivity contribution in [1.82, 2.24) is 15.2 Å². The Morgan fingerprint density at radius 3 is 2.52 bits per heavy atom. The standard InChI is InChI=1S/C19H25ClN4O3/c1-12-10-15(12)19(27)21-7-4-17(25)24-8-5-13(6-9-24)18(26)23-16-3-2-14(20)11-22-16/h2-3,11-13,15H,4-10H2,1H3,(H,21,27)(H,22,23,26). The molecule has 1 aliphatic heterocycles. The van der Waals surface area contributed by atoms with Crippen LogP contribution in [0.4, 0.5) is 5.82 Å². The lowest BCUT2D eigenvalue weighted by Gasteiger charge is -2.31. The summed E-state index contributed by atoms with van der Waals surface area (Å²) in [6.07, 6.45) is 3.98. The van der Waals surface area contributed by atoms with Crippen LogP contribution in [0.5, 0.6) is 0 Å². The Bertz CT molecular complexity index is 701. The largest absolute Gasteiger partial charge is 0.355 e. The molecule has 1 saturated heterocycles. The van der Waals surface area contributed by atoms with Crippen LogP contribution in [0.2, 0.25) is 5.02 Å². The van der Waals surface area contributed by atoms with Crippen molar-refractivity contribution in [3.63, 3.8) is 0 Å². The van der Waals surface area contributed by atoms with E-state index in [1.165, 1.54) is 6.20 Å². The maximum atomic E-state index is 12.3. The second kappa shape index (κ2) is 8.69. The molecule has 3 rings (SSSR count). The number of pyridine rings is 1. The van der Waals surface area contributed by atoms with Crippen LogP contribution in [-0.2, 0) is 14.4 Å². The van der Waals surface area contributed by atoms with E-state index in [-0.39, 0.29) is 29.6 Å². The summed E-state index contributed by atoms with van der Waals surface area (Å²) in [6.45, 7) is 3.54. The average molecular weight is 393 g/mol. The summed E-state index contributed by atoms with van der Waals surface area (Å²) in [5, 5.41) is 6.14. The summed E-state index contributed by atoms with van der Waals surface area (Å²) in [5.41, 5.74) is 0. The summed E-state index contributed by atoms with van der Waals surface area (Å²) in [4.78, 5) is 42.2. The van der Waals surface area contributed by atoms with E-state index in [0.717, 1.165) is 6.42 Å². The molecule has 2 fully saturated rings. The number of rotatable bonds is 6. The quantitative estimate of drug-likeness (QED) is 0.775. The molecule has 3 amide bonds. The van der Waals surface area contributed by atoms with Crippen molar-refractivity contribution in [1.29, 1.82) is 0 Å². The third kappa shape index (κ3) is 5.42. The highest BCUT2D eigenvalue weighted by Crippen LogP contribution is 2.37. The van der Waals surface area contributed by atoms with Gasteiger partial charge in [-0.15, -0.1) is 0 Å². The van der Waals surface area contributed by atoms with Crippen molar-refractivity contribution in [3.05, 3.63) is 23.4 Å². The topological polar surface area (TPSA) is 91.4 Å². The first-order valence-corrected chi connectivity index (χ1v) is 9.79. The van der Waals surface area contributed by atoms with E-state index in [1.807, 2.05) is 0 Å². The van der Waals surface area contributed by atoms with Gasteiger partial charge in [-0.3, -0.25) is 14.4 Å². The molecule has 8 heteroatoms. The number of carbonyl (C=O) groups is 3. The van der Waals surface area contributed by atoms with Crippen LogP contribution in [0.15, 0.2) is 18.3 Å². The minimum atomic E-state index is -0.136. The first-order chi connectivity index (χ1) is 12.9. The number of amides is 3. The maximum absolute atomic E-state index is 12.3. The zero-order valence-corrected chi connectivity index (χ0v) is 16.2. The van der Waals surface area contributed by atoms with E-state index in [0.29, 0.717) is 55.7 Å². The number of likely N-dealkylation sites (tertiary alicyclic amines) is 1. The summed E-state index contributed by atoms with van der Waals surface area (Å²) in [6, 6.07) is 3.34. The van der Waals surface area contributed by atoms with Gasteiger partial charge in [0.2, 0.25) is 17.7 Å². The van der Waals surface area contributed by atoms with Crippen molar-refractivity contribution in [2.45, 2.75) is 32.6 Å². The molecule has 1 aliphatic carbocycles. The average Bonchev–Trinajstić information content (AvgIpc) is 3.40. The van der Waals surface area contributed by atoms with Gasteiger partial charge >= 0.3 is 0 Å². The van der Waals surface area contributed by atoms with E-state index in [9.17, 15) is 14.4 Å². The lowest BCUT2D eigenvalue weighted by molar-refractivity contribution is -0.134. The first-order valence-electron chi connectivity index (χ1n) is 9.42. The highest BCUT2D eigenvalue weighted by molar-refractivity contribution is 6.30. The Morgan fingerprint density at radius 1 is 1.22 bits per heavy atom. The maximum Gasteiger partial charge on any atom is 0.228 e. The molecule has 2 N–H and O–H groups in total. The number of hydrogen-bond acceptors (Lipinski definition) is 4. The fraction of sp³-hybridized carbons (Fsp3) is 0.579. The van der Waals surface area contributed by atoms with Gasteiger partial charge in [-0.2, -0.15) is 0 Å². The molecule has 27 heavy (non-hydrogen) atoms. The summed E-state index contributed by atoms with van der Waals surface area (Å²) in [7, 11) is 0. The molecule has 0 aromatic carbocycles. The van der Waals surface area contributed by atoms with Gasteiger partial charge in [-0.25, -0.2) is 4.98 Å². The number of nitrogens with zero attached hydrogens (tertiary/aromatic N) is 2. The molecule has 1 saturated carbocycles. The van der Waals surface area contributed by atoms with Crippen LogP contribution in [0, 0.1) is 17.8 Å². The van der Waals surface area contributed by atoms with Crippen LogP contribution in [-0.4, -0.2) is 47.2 Å². The predicted octanol–water partition coefficient (Wildman–Crippen LogP) is 2.07. The number of piperidine rings is 1. The first kappa shape index (κ1) is 19.6. The number of aromatic nitrogens is 1. The third-order valence-corrected chi connectivity index (χ3v) is 5.51. The number of anilines is 1. The number of nitrogens with one attached hydrogen (secondary N) is 2. The minimum Gasteiger partial charge on any atom is -0.355 e. The number of halogens is 1. The van der Waals surface area contributed by atoms with Crippen LogP contribution in [0.1, 0.15) is 32.6 Å². The second-order valence-electron chi connectivity index (χ2n) is 7.37. The fourth-order valence-corrected chi connectivity index (χ4v) is 3.45. The van der Waals surface area contributed by atoms with Crippen LogP contribution >= 0.6 is 11.6 Å². The smallest absolute Gasteiger partial charge is 0.228 e. The zero-order valence-electron chi connectivity index (χ0n) is 15.4. The second-order valence-corrected chi connectivity index (χ2v) is 7.80. The zero-order chi connectivity index (χ0) is 19.4. The molecule has 1 aromatic heterocycles. The predicted molar refractivity (Wildman–Crippen MR) is 102 cm³/mol. The highest BCUT2D eigenvalue weighted by Gasteiger charge is 2.38. The van der Waals surface area contributed by atoms with Crippen molar-refractivity contribution < 1.29 is 14.4 Å². The normalized spacial score (nSPS) is 22.2. The Balaban J connectivity index is 1.36. The van der Waals surface area contributed by atoms with Gasteiger partial charge < -0.3 is 15.5 Å². The Labute approximate surface area is 163 Å². The van der Waals surface area contributed by atoms with E-state index < -0.39 is 0 Å². The summed E-state index contributed by atoms with van der Waals surface area (Å²) >= 11 is 5.79. The lowest BCUT2D eigenvalue weighted by atomic mass is 9.95. The molecule has 2 heterocycles. The molecule has 2 unspecified atom stereocenters. The van der Waals surface area contributed by atoms with Crippen molar-refractivity contribution in [2.75, 3.05) is 25.0 Å². The Hall–Kier alpha value is -2.15. The Morgan fingerprint density at radius 2 is 1.93 bits per heavy atom. The van der Waals surface area contributed by atoms with Crippen molar-refractivity contribution >= 4 is 35.1 Å². The molecule has 2 atom stereocenters. The molecule has 0 radical (unpaired) electrons. The van der Waals surface area contributed by atoms with Gasteiger partial charge in [0.25, 0.3) is 0 Å². The van der Waals surface area contributed by atoms with Gasteiger partial charge in [0.1, 0.15) is 5.82 Å². The van der Waals surface area contributed by atoms with E-state index in [2.05, 4.69) is 22.5 Å². The fourth-order valence-electron chi connectivity index (χ4n) is 3.34. The van der Waals surface area contributed by atoms with Gasteiger partial charge in [-0.05, 0) is 37.3 Å². The van der Waals surface area contributed by atoms with Crippen LogP contribution < -0.4 is 10.6 Å². The number of carbonyl (C=O) groups excluding carboxylic acids is 3. The third-order valence-electron chi connectivity index (χ3n) is 5.28.